The number of halogens is 4. The molecule has 4 aliphatic rings. The molecule has 1 N–H and O–H groups in total. The van der Waals surface area contributed by atoms with Gasteiger partial charge < -0.3 is 14.5 Å². The quantitative estimate of drug-likeness (QED) is 0.311. The molecule has 1 aliphatic carbocycles. The van der Waals surface area contributed by atoms with Crippen LogP contribution in [0.4, 0.5) is 23.5 Å². The first-order valence-corrected chi connectivity index (χ1v) is 14.6. The van der Waals surface area contributed by atoms with Crippen LogP contribution in [-0.4, -0.2) is 62.2 Å². The lowest BCUT2D eigenvalue weighted by molar-refractivity contribution is -0.138. The Morgan fingerprint density at radius 2 is 1.75 bits per heavy atom. The van der Waals surface area contributed by atoms with Crippen LogP contribution in [0.15, 0.2) is 53.6 Å². The largest absolute Gasteiger partial charge is 0.490 e. The first-order valence-electron chi connectivity index (χ1n) is 14.6. The van der Waals surface area contributed by atoms with Crippen molar-refractivity contribution in [3.8, 4) is 5.75 Å². The molecule has 8 rings (SSSR count). The van der Waals surface area contributed by atoms with E-state index in [9.17, 15) is 22.8 Å². The Bertz CT molecular complexity index is 1790. The molecule has 0 radical (unpaired) electrons. The molecule has 1 saturated carbocycles. The lowest BCUT2D eigenvalue weighted by Crippen LogP contribution is -2.64. The molecule has 3 aliphatic heterocycles. The number of fused-ring (bicyclic) bond motifs is 4. The summed E-state index contributed by atoms with van der Waals surface area (Å²) in [5.74, 6) is -0.280. The van der Waals surface area contributed by atoms with E-state index >= 15 is 4.39 Å². The average molecular weight is 609 g/mol. The van der Waals surface area contributed by atoms with Gasteiger partial charge in [0.15, 0.2) is 0 Å². The number of nitrogens with zero attached hydrogens (tertiary/aromatic N) is 5. The molecule has 9 nitrogen and oxygen atoms in total. The summed E-state index contributed by atoms with van der Waals surface area (Å²) in [7, 11) is 0. The highest BCUT2D eigenvalue weighted by Crippen LogP contribution is 2.34. The number of carbonyl (C=O) groups excluding carboxylic acids is 1. The number of ether oxygens (including phenoxy) is 1. The Hall–Kier alpha value is -4.55. The minimum absolute atomic E-state index is 0.0740. The smallest absolute Gasteiger partial charge is 0.419 e. The van der Waals surface area contributed by atoms with E-state index in [1.54, 1.807) is 29.2 Å². The molecular formula is C31H28F4N6O3. The summed E-state index contributed by atoms with van der Waals surface area (Å²) >= 11 is 0. The van der Waals surface area contributed by atoms with Crippen LogP contribution in [0.25, 0.3) is 10.8 Å². The molecule has 4 fully saturated rings. The maximum absolute atomic E-state index is 15.1. The summed E-state index contributed by atoms with van der Waals surface area (Å²) in [4.78, 5) is 37.5. The first kappa shape index (κ1) is 28.2. The standard InChI is InChI=1S/C31H28F4N6O3/c32-26-9-4-17(11-27-24-12-22(44-21-2-1-3-21)7-8-23(24)28(42)39-38-27)10-25(26)29(43)40-15-20-6-5-19(40)16-41(20)30-36-13-18(14-37-30)31(33,34)35/h4,7-10,12-14,19-21H,1-3,5-6,11,15-16H2,(H,39,42)/t19-,20-/m0/s1. The Labute approximate surface area is 248 Å². The number of anilines is 1. The van der Waals surface area contributed by atoms with E-state index in [1.807, 2.05) is 4.90 Å². The van der Waals surface area contributed by atoms with E-state index in [2.05, 4.69) is 20.2 Å². The van der Waals surface area contributed by atoms with Gasteiger partial charge in [0.25, 0.3) is 11.5 Å². The Kier molecular flexibility index (Phi) is 6.97. The van der Waals surface area contributed by atoms with Crippen molar-refractivity contribution in [3.63, 3.8) is 0 Å². The maximum atomic E-state index is 15.1. The number of aromatic amines is 1. The van der Waals surface area contributed by atoms with Gasteiger partial charge in [-0.3, -0.25) is 9.59 Å². The van der Waals surface area contributed by atoms with Crippen molar-refractivity contribution in [2.75, 3.05) is 18.0 Å². The maximum Gasteiger partial charge on any atom is 0.419 e. The van der Waals surface area contributed by atoms with Crippen molar-refractivity contribution in [1.29, 1.82) is 0 Å². The van der Waals surface area contributed by atoms with Crippen molar-refractivity contribution < 1.29 is 27.1 Å². The molecule has 13 heteroatoms. The lowest BCUT2D eigenvalue weighted by Gasteiger charge is -2.51. The molecule has 44 heavy (non-hydrogen) atoms. The van der Waals surface area contributed by atoms with Crippen LogP contribution in [0.5, 0.6) is 5.75 Å². The van der Waals surface area contributed by atoms with Gasteiger partial charge in [-0.1, -0.05) is 6.07 Å². The minimum Gasteiger partial charge on any atom is -0.490 e. The van der Waals surface area contributed by atoms with E-state index in [0.29, 0.717) is 47.2 Å². The van der Waals surface area contributed by atoms with E-state index in [1.165, 1.54) is 12.1 Å². The number of hydrogen-bond donors (Lipinski definition) is 1. The third kappa shape index (κ3) is 5.24. The number of rotatable bonds is 6. The van der Waals surface area contributed by atoms with E-state index in [-0.39, 0.29) is 48.2 Å². The third-order valence-corrected chi connectivity index (χ3v) is 8.84. The fourth-order valence-electron chi connectivity index (χ4n) is 6.22. The number of amides is 1. The average Bonchev–Trinajstić information content (AvgIpc) is 3.00. The van der Waals surface area contributed by atoms with Crippen molar-refractivity contribution in [3.05, 3.63) is 87.3 Å². The van der Waals surface area contributed by atoms with Crippen LogP contribution in [0, 0.1) is 5.82 Å². The molecule has 3 saturated heterocycles. The molecule has 1 amide bonds. The Balaban J connectivity index is 1.11. The van der Waals surface area contributed by atoms with Crippen LogP contribution in [0.1, 0.15) is 59.3 Å². The molecule has 228 valence electrons. The molecule has 4 aromatic rings. The second-order valence-electron chi connectivity index (χ2n) is 11.6. The van der Waals surface area contributed by atoms with Gasteiger partial charge in [-0.15, -0.1) is 0 Å². The van der Waals surface area contributed by atoms with Crippen LogP contribution in [0.2, 0.25) is 0 Å². The third-order valence-electron chi connectivity index (χ3n) is 8.84. The Morgan fingerprint density at radius 3 is 2.43 bits per heavy atom. The monoisotopic (exact) mass is 608 g/mol. The van der Waals surface area contributed by atoms with Crippen LogP contribution in [0.3, 0.4) is 0 Å². The summed E-state index contributed by atoms with van der Waals surface area (Å²) in [6.45, 7) is 0.606. The molecular weight excluding hydrogens is 580 g/mol. The topological polar surface area (TPSA) is 104 Å². The fourth-order valence-corrected chi connectivity index (χ4v) is 6.22. The van der Waals surface area contributed by atoms with E-state index in [4.69, 9.17) is 4.74 Å². The number of piperidine rings is 2. The summed E-state index contributed by atoms with van der Waals surface area (Å²) in [6.07, 6.45) is 1.88. The molecule has 2 aromatic heterocycles. The zero-order valence-electron chi connectivity index (χ0n) is 23.5. The Morgan fingerprint density at radius 1 is 0.977 bits per heavy atom. The number of benzene rings is 2. The van der Waals surface area contributed by atoms with E-state index in [0.717, 1.165) is 31.7 Å². The van der Waals surface area contributed by atoms with Gasteiger partial charge in [0, 0.05) is 49.4 Å². The number of H-pyrrole nitrogens is 1. The van der Waals surface area contributed by atoms with Crippen LogP contribution >= 0.6 is 0 Å². The van der Waals surface area contributed by atoms with Gasteiger partial charge >= 0.3 is 6.18 Å². The van der Waals surface area contributed by atoms with Gasteiger partial charge in [-0.2, -0.15) is 18.3 Å². The SMILES string of the molecule is O=C(c1cc(Cc2n[nH]c(=O)c3ccc(OC4CCC4)cc23)ccc1F)N1C[C@@H]2CC[C@H]1CN2c1ncc(C(F)(F)F)cn1. The first-order chi connectivity index (χ1) is 21.1. The molecule has 2 aromatic carbocycles. The molecule has 2 bridgehead atoms. The van der Waals surface area contributed by atoms with E-state index < -0.39 is 23.5 Å². The van der Waals surface area contributed by atoms with Gasteiger partial charge in [0.05, 0.1) is 28.3 Å². The van der Waals surface area contributed by atoms with Crippen molar-refractivity contribution >= 4 is 22.6 Å². The highest BCUT2D eigenvalue weighted by Gasteiger charge is 2.43. The van der Waals surface area contributed by atoms with Gasteiger partial charge in [-0.05, 0) is 68.0 Å². The second-order valence-corrected chi connectivity index (χ2v) is 11.6. The van der Waals surface area contributed by atoms with Crippen LogP contribution in [-0.2, 0) is 12.6 Å². The summed E-state index contributed by atoms with van der Waals surface area (Å²) in [5, 5.41) is 7.88. The van der Waals surface area contributed by atoms with Gasteiger partial charge in [-0.25, -0.2) is 19.5 Å². The highest BCUT2D eigenvalue weighted by atomic mass is 19.4. The predicted octanol–water partition coefficient (Wildman–Crippen LogP) is 4.89. The summed E-state index contributed by atoms with van der Waals surface area (Å²) in [6, 6.07) is 9.15. The molecule has 0 spiro atoms. The summed E-state index contributed by atoms with van der Waals surface area (Å²) in [5.41, 5.74) is -0.126. The normalized spacial score (nSPS) is 20.2. The highest BCUT2D eigenvalue weighted by molar-refractivity contribution is 5.95. The fraction of sp³-hybridized carbons (Fsp3) is 0.387. The van der Waals surface area contributed by atoms with Crippen LogP contribution < -0.4 is 15.2 Å². The summed E-state index contributed by atoms with van der Waals surface area (Å²) < 4.78 is 60.0. The second kappa shape index (κ2) is 10.9. The zero-order chi connectivity index (χ0) is 30.6. The molecule has 0 unspecified atom stereocenters. The minimum atomic E-state index is -4.53. The van der Waals surface area contributed by atoms with Gasteiger partial charge in [0.1, 0.15) is 11.6 Å². The number of carbonyl (C=O) groups is 1. The number of hydrogen-bond acceptors (Lipinski definition) is 7. The number of aromatic nitrogens is 4. The molecule has 2 atom stereocenters. The van der Waals surface area contributed by atoms with Crippen molar-refractivity contribution in [1.82, 2.24) is 25.1 Å². The van der Waals surface area contributed by atoms with Gasteiger partial charge in [0.2, 0.25) is 5.95 Å². The zero-order valence-corrected chi connectivity index (χ0v) is 23.5. The number of alkyl halides is 3. The van der Waals surface area contributed by atoms with Crippen molar-refractivity contribution in [2.45, 2.75) is 62.9 Å². The van der Waals surface area contributed by atoms with Crippen molar-refractivity contribution in [2.24, 2.45) is 0 Å². The predicted molar refractivity (Wildman–Crippen MR) is 152 cm³/mol. The lowest BCUT2D eigenvalue weighted by atomic mass is 9.90. The number of piperazine rings is 1. The molecule has 5 heterocycles. The number of nitrogens with one attached hydrogen (secondary N) is 1.